The zero-order chi connectivity index (χ0) is 14.0. The topological polar surface area (TPSA) is 57.6 Å². The average molecular weight is 389 g/mol. The molecule has 8 heteroatoms. The van der Waals surface area contributed by atoms with Gasteiger partial charge in [0.25, 0.3) is 10.0 Å². The Bertz CT molecular complexity index is 521. The predicted octanol–water partition coefficient (Wildman–Crippen LogP) is 3.09. The maximum absolute atomic E-state index is 12.6. The van der Waals surface area contributed by atoms with Crippen LogP contribution in [0.3, 0.4) is 0 Å². The van der Waals surface area contributed by atoms with Crippen molar-refractivity contribution in [2.75, 3.05) is 13.2 Å². The number of halogens is 2. The summed E-state index contributed by atoms with van der Waals surface area (Å²) in [6.45, 7) is -0.0316. The van der Waals surface area contributed by atoms with E-state index in [2.05, 4.69) is 15.9 Å². The van der Waals surface area contributed by atoms with Gasteiger partial charge in [-0.2, -0.15) is 4.31 Å². The van der Waals surface area contributed by atoms with E-state index in [0.29, 0.717) is 8.81 Å². The molecule has 4 nitrogen and oxygen atoms in total. The van der Waals surface area contributed by atoms with Crippen molar-refractivity contribution in [2.45, 2.75) is 35.9 Å². The second-order valence-corrected chi connectivity index (χ2v) is 9.36. The van der Waals surface area contributed by atoms with Gasteiger partial charge < -0.3 is 5.11 Å². The van der Waals surface area contributed by atoms with Crippen LogP contribution >= 0.6 is 38.9 Å². The second-order valence-electron chi connectivity index (χ2n) is 4.46. The predicted molar refractivity (Wildman–Crippen MR) is 80.3 cm³/mol. The smallest absolute Gasteiger partial charge is 0.252 e. The van der Waals surface area contributed by atoms with E-state index >= 15 is 0 Å². The van der Waals surface area contributed by atoms with Crippen LogP contribution in [0, 0.1) is 0 Å². The molecule has 0 aromatic carbocycles. The highest BCUT2D eigenvalue weighted by Gasteiger charge is 2.34. The molecule has 0 unspecified atom stereocenters. The molecular weight excluding hydrogens is 374 g/mol. The first-order chi connectivity index (χ1) is 8.96. The molecule has 1 heterocycles. The van der Waals surface area contributed by atoms with Crippen molar-refractivity contribution < 1.29 is 13.5 Å². The lowest BCUT2D eigenvalue weighted by molar-refractivity contribution is 0.226. The van der Waals surface area contributed by atoms with Crippen molar-refractivity contribution in [2.24, 2.45) is 0 Å². The number of rotatable bonds is 5. The fourth-order valence-corrected chi connectivity index (χ4v) is 6.56. The van der Waals surface area contributed by atoms with Gasteiger partial charge in [-0.1, -0.05) is 24.4 Å². The van der Waals surface area contributed by atoms with Crippen LogP contribution in [-0.4, -0.2) is 37.0 Å². The van der Waals surface area contributed by atoms with Crippen LogP contribution in [0.5, 0.6) is 0 Å². The quantitative estimate of drug-likeness (QED) is 0.843. The van der Waals surface area contributed by atoms with E-state index in [1.807, 2.05) is 0 Å². The number of hydrogen-bond acceptors (Lipinski definition) is 4. The van der Waals surface area contributed by atoms with Crippen LogP contribution in [0.2, 0.25) is 5.02 Å². The standard InChI is InChI=1S/C11H15BrClNO3S2/c12-11-9(13)7-10(18-11)19(16,17)14(5-6-15)8-3-1-2-4-8/h7-8,15H,1-6H2. The molecule has 0 radical (unpaired) electrons. The minimum absolute atomic E-state index is 0.00296. The molecule has 1 fully saturated rings. The van der Waals surface area contributed by atoms with Gasteiger partial charge in [0.05, 0.1) is 15.4 Å². The highest BCUT2D eigenvalue weighted by Crippen LogP contribution is 2.37. The van der Waals surface area contributed by atoms with Gasteiger partial charge >= 0.3 is 0 Å². The number of aliphatic hydroxyl groups excluding tert-OH is 1. The molecule has 1 saturated carbocycles. The van der Waals surface area contributed by atoms with Crippen molar-refractivity contribution in [1.82, 2.24) is 4.31 Å². The monoisotopic (exact) mass is 387 g/mol. The molecule has 0 atom stereocenters. The minimum atomic E-state index is -3.57. The molecule has 0 amide bonds. The van der Waals surface area contributed by atoms with Crippen molar-refractivity contribution in [1.29, 1.82) is 0 Å². The van der Waals surface area contributed by atoms with Gasteiger partial charge in [-0.15, -0.1) is 11.3 Å². The Morgan fingerprint density at radius 2 is 2.11 bits per heavy atom. The Morgan fingerprint density at radius 3 is 2.58 bits per heavy atom. The maximum Gasteiger partial charge on any atom is 0.252 e. The van der Waals surface area contributed by atoms with E-state index in [1.54, 1.807) is 0 Å². The molecule has 1 aliphatic rings. The zero-order valence-electron chi connectivity index (χ0n) is 10.2. The van der Waals surface area contributed by atoms with Gasteiger partial charge in [0.1, 0.15) is 4.21 Å². The van der Waals surface area contributed by atoms with E-state index in [-0.39, 0.29) is 23.4 Å². The molecule has 1 aromatic rings. The minimum Gasteiger partial charge on any atom is -0.395 e. The van der Waals surface area contributed by atoms with Crippen LogP contribution in [0.4, 0.5) is 0 Å². The van der Waals surface area contributed by atoms with Crippen molar-refractivity contribution >= 4 is 48.9 Å². The summed E-state index contributed by atoms with van der Waals surface area (Å²) in [6, 6.07) is 1.46. The third-order valence-corrected chi connectivity index (χ3v) is 8.11. The third-order valence-electron chi connectivity index (χ3n) is 3.24. The molecule has 2 rings (SSSR count). The molecule has 1 N–H and O–H groups in total. The summed E-state index contributed by atoms with van der Waals surface area (Å²) in [6.07, 6.45) is 3.80. The van der Waals surface area contributed by atoms with Gasteiger partial charge in [-0.3, -0.25) is 0 Å². The molecule has 108 valence electrons. The Kier molecular flexibility index (Phi) is 5.30. The number of sulfonamides is 1. The summed E-state index contributed by atoms with van der Waals surface area (Å²) in [5.74, 6) is 0. The van der Waals surface area contributed by atoms with E-state index in [4.69, 9.17) is 16.7 Å². The van der Waals surface area contributed by atoms with Gasteiger partial charge in [0.15, 0.2) is 0 Å². The van der Waals surface area contributed by atoms with Gasteiger partial charge in [-0.25, -0.2) is 8.42 Å². The van der Waals surface area contributed by atoms with Crippen molar-refractivity contribution in [3.8, 4) is 0 Å². The Hall–Kier alpha value is 0.340. The number of aliphatic hydroxyl groups is 1. The third kappa shape index (κ3) is 3.33. The highest BCUT2D eigenvalue weighted by atomic mass is 79.9. The van der Waals surface area contributed by atoms with Crippen LogP contribution in [-0.2, 0) is 10.0 Å². The fourth-order valence-electron chi connectivity index (χ4n) is 2.36. The van der Waals surface area contributed by atoms with E-state index in [9.17, 15) is 8.42 Å². The lowest BCUT2D eigenvalue weighted by Crippen LogP contribution is -2.40. The van der Waals surface area contributed by atoms with Crippen LogP contribution in [0.1, 0.15) is 25.7 Å². The molecule has 1 aromatic heterocycles. The molecule has 19 heavy (non-hydrogen) atoms. The first-order valence-electron chi connectivity index (χ1n) is 6.04. The normalized spacial score (nSPS) is 17.5. The lowest BCUT2D eigenvalue weighted by atomic mass is 10.2. The first kappa shape index (κ1) is 15.7. The van der Waals surface area contributed by atoms with Crippen LogP contribution < -0.4 is 0 Å². The summed E-state index contributed by atoms with van der Waals surface area (Å²) < 4.78 is 27.5. The summed E-state index contributed by atoms with van der Waals surface area (Å²) in [7, 11) is -3.57. The van der Waals surface area contributed by atoms with Crippen molar-refractivity contribution in [3.05, 3.63) is 14.9 Å². The average Bonchev–Trinajstić information content (AvgIpc) is 2.97. The molecule has 1 aliphatic carbocycles. The Labute approximate surface area is 130 Å². The van der Waals surface area contributed by atoms with Crippen molar-refractivity contribution in [3.63, 3.8) is 0 Å². The largest absolute Gasteiger partial charge is 0.395 e. The van der Waals surface area contributed by atoms with E-state index < -0.39 is 10.0 Å². The molecule has 0 aliphatic heterocycles. The number of hydrogen-bond donors (Lipinski definition) is 1. The molecular formula is C11H15BrClNO3S2. The maximum atomic E-state index is 12.6. The van der Waals surface area contributed by atoms with Gasteiger partial charge in [0, 0.05) is 12.6 Å². The van der Waals surface area contributed by atoms with Crippen LogP contribution in [0.25, 0.3) is 0 Å². The highest BCUT2D eigenvalue weighted by molar-refractivity contribution is 9.11. The number of nitrogens with zero attached hydrogens (tertiary/aromatic N) is 1. The van der Waals surface area contributed by atoms with Gasteiger partial charge in [0.2, 0.25) is 0 Å². The summed E-state index contributed by atoms with van der Waals surface area (Å²) >= 11 is 10.3. The first-order valence-corrected chi connectivity index (χ1v) is 9.47. The van der Waals surface area contributed by atoms with E-state index in [1.165, 1.54) is 10.4 Å². The summed E-state index contributed by atoms with van der Waals surface area (Å²) in [5, 5.41) is 9.53. The molecule has 0 saturated heterocycles. The Balaban J connectivity index is 2.33. The van der Waals surface area contributed by atoms with E-state index in [0.717, 1.165) is 37.0 Å². The zero-order valence-corrected chi connectivity index (χ0v) is 14.2. The molecule has 0 bridgehead atoms. The van der Waals surface area contributed by atoms with Crippen LogP contribution in [0.15, 0.2) is 14.1 Å². The fraction of sp³-hybridized carbons (Fsp3) is 0.636. The lowest BCUT2D eigenvalue weighted by Gasteiger charge is -2.26. The second kappa shape index (κ2) is 6.41. The molecule has 0 spiro atoms. The SMILES string of the molecule is O=S(=O)(c1cc(Cl)c(Br)s1)N(CCO)C1CCCC1. The summed E-state index contributed by atoms with van der Waals surface area (Å²) in [4.78, 5) is 0. The number of thiophene rings is 1. The Morgan fingerprint density at radius 1 is 1.47 bits per heavy atom. The summed E-state index contributed by atoms with van der Waals surface area (Å²) in [5.41, 5.74) is 0. The van der Waals surface area contributed by atoms with Gasteiger partial charge in [-0.05, 0) is 34.8 Å².